The van der Waals surface area contributed by atoms with Crippen LogP contribution in [0.25, 0.3) is 0 Å². The van der Waals surface area contributed by atoms with Gasteiger partial charge in [-0.05, 0) is 19.8 Å². The van der Waals surface area contributed by atoms with E-state index in [9.17, 15) is 10.2 Å². The summed E-state index contributed by atoms with van der Waals surface area (Å²) in [6, 6.07) is -0.128. The van der Waals surface area contributed by atoms with Crippen LogP contribution < -0.4 is 4.90 Å². The fourth-order valence-electron chi connectivity index (χ4n) is 2.05. The van der Waals surface area contributed by atoms with Gasteiger partial charge in [-0.25, -0.2) is 9.97 Å². The lowest BCUT2D eigenvalue weighted by Crippen LogP contribution is -2.42. The van der Waals surface area contributed by atoms with Crippen molar-refractivity contribution in [1.82, 2.24) is 15.0 Å². The average Bonchev–Trinajstić information content (AvgIpc) is 2.59. The molecule has 6 heteroatoms. The third-order valence-corrected chi connectivity index (χ3v) is 3.04. The first-order chi connectivity index (χ1) is 7.59. The predicted octanol–water partition coefficient (Wildman–Crippen LogP) is -0.500. The second kappa shape index (κ2) is 4.31. The van der Waals surface area contributed by atoms with E-state index in [1.54, 1.807) is 11.8 Å². The molecule has 0 amide bonds. The van der Waals surface area contributed by atoms with Crippen LogP contribution in [-0.4, -0.2) is 50.5 Å². The lowest BCUT2D eigenvalue weighted by atomic mass is 10.2. The molecule has 1 aliphatic carbocycles. The van der Waals surface area contributed by atoms with Crippen LogP contribution >= 0.6 is 0 Å². The number of likely N-dealkylation sites (N-methyl/N-ethyl adjacent to an activating group) is 1. The summed E-state index contributed by atoms with van der Waals surface area (Å²) in [6.07, 6.45) is 1.42. The third kappa shape index (κ3) is 1.98. The molecule has 6 nitrogen and oxygen atoms in total. The quantitative estimate of drug-likeness (QED) is 0.704. The van der Waals surface area contributed by atoms with E-state index in [2.05, 4.69) is 15.0 Å². The van der Waals surface area contributed by atoms with Crippen LogP contribution in [0.5, 0.6) is 0 Å². The molecule has 1 saturated carbocycles. The molecule has 1 fully saturated rings. The zero-order chi connectivity index (χ0) is 11.7. The smallest absolute Gasteiger partial charge is 0.228 e. The van der Waals surface area contributed by atoms with Crippen molar-refractivity contribution >= 4 is 5.95 Å². The van der Waals surface area contributed by atoms with E-state index in [1.165, 1.54) is 6.33 Å². The van der Waals surface area contributed by atoms with Crippen molar-refractivity contribution < 1.29 is 10.2 Å². The van der Waals surface area contributed by atoms with E-state index in [0.29, 0.717) is 18.2 Å². The molecule has 1 aliphatic rings. The highest BCUT2D eigenvalue weighted by atomic mass is 16.3. The van der Waals surface area contributed by atoms with Gasteiger partial charge in [-0.2, -0.15) is 4.98 Å². The van der Waals surface area contributed by atoms with Gasteiger partial charge in [-0.1, -0.05) is 0 Å². The summed E-state index contributed by atoms with van der Waals surface area (Å²) >= 11 is 0. The number of aliphatic hydroxyl groups excluding tert-OH is 2. The summed E-state index contributed by atoms with van der Waals surface area (Å²) in [4.78, 5) is 14.0. The topological polar surface area (TPSA) is 82.4 Å². The maximum absolute atomic E-state index is 9.80. The minimum atomic E-state index is -0.734. The molecule has 2 N–H and O–H groups in total. The van der Waals surface area contributed by atoms with E-state index < -0.39 is 12.2 Å². The van der Waals surface area contributed by atoms with Gasteiger partial charge in [-0.15, -0.1) is 0 Å². The molecule has 0 aromatic carbocycles. The van der Waals surface area contributed by atoms with Crippen molar-refractivity contribution in [2.24, 2.45) is 0 Å². The number of aliphatic hydroxyl groups is 2. The minimum absolute atomic E-state index is 0.128. The van der Waals surface area contributed by atoms with E-state index >= 15 is 0 Å². The first-order valence-electron chi connectivity index (χ1n) is 5.34. The molecule has 3 unspecified atom stereocenters. The third-order valence-electron chi connectivity index (χ3n) is 3.04. The van der Waals surface area contributed by atoms with Gasteiger partial charge in [-0.3, -0.25) is 0 Å². The first kappa shape index (κ1) is 11.2. The van der Waals surface area contributed by atoms with Crippen molar-refractivity contribution in [3.05, 3.63) is 12.2 Å². The summed E-state index contributed by atoms with van der Waals surface area (Å²) < 4.78 is 0. The number of nitrogens with zero attached hydrogens (tertiary/aromatic N) is 4. The van der Waals surface area contributed by atoms with Crippen molar-refractivity contribution in [2.45, 2.75) is 38.0 Å². The van der Waals surface area contributed by atoms with Crippen LogP contribution in [-0.2, 0) is 0 Å². The Balaban J connectivity index is 2.16. The molecule has 0 bridgehead atoms. The molecule has 0 radical (unpaired) electrons. The standard InChI is InChI=1S/C10H16N4O2/c1-6-11-5-12-10(13-6)14(2)7-3-4-8(15)9(7)16/h5,7-9,15-16H,3-4H2,1-2H3. The largest absolute Gasteiger partial charge is 0.390 e. The molecule has 0 saturated heterocycles. The molecule has 1 aromatic heterocycles. The Bertz CT molecular complexity index is 374. The van der Waals surface area contributed by atoms with Gasteiger partial charge in [0.25, 0.3) is 0 Å². The van der Waals surface area contributed by atoms with Crippen molar-refractivity contribution in [2.75, 3.05) is 11.9 Å². The van der Waals surface area contributed by atoms with Crippen LogP contribution in [0.4, 0.5) is 5.95 Å². The molecule has 1 aromatic rings. The van der Waals surface area contributed by atoms with Crippen LogP contribution in [0, 0.1) is 6.92 Å². The maximum Gasteiger partial charge on any atom is 0.228 e. The molecule has 0 spiro atoms. The van der Waals surface area contributed by atoms with Crippen molar-refractivity contribution in [1.29, 1.82) is 0 Å². The van der Waals surface area contributed by atoms with Crippen LogP contribution in [0.1, 0.15) is 18.7 Å². The summed E-state index contributed by atoms with van der Waals surface area (Å²) in [7, 11) is 1.82. The van der Waals surface area contributed by atoms with Gasteiger partial charge in [0.05, 0.1) is 12.1 Å². The average molecular weight is 224 g/mol. The van der Waals surface area contributed by atoms with Gasteiger partial charge in [0.15, 0.2) is 0 Å². The lowest BCUT2D eigenvalue weighted by Gasteiger charge is -2.27. The number of hydrogen-bond acceptors (Lipinski definition) is 6. The second-order valence-electron chi connectivity index (χ2n) is 4.15. The Labute approximate surface area is 94.0 Å². The Morgan fingerprint density at radius 3 is 2.62 bits per heavy atom. The van der Waals surface area contributed by atoms with Gasteiger partial charge in [0.2, 0.25) is 5.95 Å². The van der Waals surface area contributed by atoms with Crippen LogP contribution in [0.15, 0.2) is 6.33 Å². The lowest BCUT2D eigenvalue weighted by molar-refractivity contribution is 0.0354. The number of anilines is 1. The summed E-state index contributed by atoms with van der Waals surface area (Å²) in [5, 5.41) is 19.3. The molecule has 1 heterocycles. The Hall–Kier alpha value is -1.27. The molecule has 2 rings (SSSR count). The van der Waals surface area contributed by atoms with Gasteiger partial charge < -0.3 is 15.1 Å². The molecular weight excluding hydrogens is 208 g/mol. The highest BCUT2D eigenvalue weighted by molar-refractivity contribution is 5.30. The SMILES string of the molecule is Cc1ncnc(N(C)C2CCC(O)C2O)n1. The fourth-order valence-corrected chi connectivity index (χ4v) is 2.05. The van der Waals surface area contributed by atoms with Crippen LogP contribution in [0.3, 0.4) is 0 Å². The fraction of sp³-hybridized carbons (Fsp3) is 0.700. The van der Waals surface area contributed by atoms with Gasteiger partial charge in [0.1, 0.15) is 18.3 Å². The normalized spacial score (nSPS) is 29.4. The molecule has 88 valence electrons. The molecular formula is C10H16N4O2. The zero-order valence-corrected chi connectivity index (χ0v) is 9.41. The molecule has 3 atom stereocenters. The molecule has 16 heavy (non-hydrogen) atoms. The number of hydrogen-bond donors (Lipinski definition) is 2. The Morgan fingerprint density at radius 1 is 1.31 bits per heavy atom. The summed E-state index contributed by atoms with van der Waals surface area (Å²) in [5.41, 5.74) is 0. The summed E-state index contributed by atoms with van der Waals surface area (Å²) in [6.45, 7) is 1.79. The van der Waals surface area contributed by atoms with Crippen molar-refractivity contribution in [3.63, 3.8) is 0 Å². The Morgan fingerprint density at radius 2 is 2.06 bits per heavy atom. The number of aryl methyl sites for hydroxylation is 1. The Kier molecular flexibility index (Phi) is 3.02. The first-order valence-corrected chi connectivity index (χ1v) is 5.34. The number of aromatic nitrogens is 3. The van der Waals surface area contributed by atoms with E-state index in [0.717, 1.165) is 6.42 Å². The monoisotopic (exact) mass is 224 g/mol. The molecule has 0 aliphatic heterocycles. The number of rotatable bonds is 2. The highest BCUT2D eigenvalue weighted by Gasteiger charge is 2.36. The van der Waals surface area contributed by atoms with Crippen LogP contribution in [0.2, 0.25) is 0 Å². The second-order valence-corrected chi connectivity index (χ2v) is 4.15. The van der Waals surface area contributed by atoms with Crippen molar-refractivity contribution in [3.8, 4) is 0 Å². The zero-order valence-electron chi connectivity index (χ0n) is 9.41. The highest BCUT2D eigenvalue weighted by Crippen LogP contribution is 2.25. The van der Waals surface area contributed by atoms with E-state index in [1.807, 2.05) is 7.05 Å². The van der Waals surface area contributed by atoms with E-state index in [4.69, 9.17) is 0 Å². The maximum atomic E-state index is 9.80. The summed E-state index contributed by atoms with van der Waals surface area (Å²) in [5.74, 6) is 1.18. The predicted molar refractivity (Wildman–Crippen MR) is 58.0 cm³/mol. The van der Waals surface area contributed by atoms with E-state index in [-0.39, 0.29) is 6.04 Å². The van der Waals surface area contributed by atoms with Gasteiger partial charge >= 0.3 is 0 Å². The minimum Gasteiger partial charge on any atom is -0.390 e. The van der Waals surface area contributed by atoms with Gasteiger partial charge in [0, 0.05) is 7.05 Å².